The van der Waals surface area contributed by atoms with Gasteiger partial charge in [0.2, 0.25) is 0 Å². The molecule has 0 bridgehead atoms. The quantitative estimate of drug-likeness (QED) is 0.830. The predicted molar refractivity (Wildman–Crippen MR) is 78.8 cm³/mol. The minimum absolute atomic E-state index is 0.505. The van der Waals surface area contributed by atoms with E-state index in [1.165, 1.54) is 12.0 Å². The maximum Gasteiger partial charge on any atom is 0.0545 e. The monoisotopic (exact) mass is 322 g/mol. The van der Waals surface area contributed by atoms with Crippen LogP contribution in [0.15, 0.2) is 34.2 Å². The van der Waals surface area contributed by atoms with Gasteiger partial charge in [0.1, 0.15) is 0 Å². The number of fused-ring (bicyclic) bond motifs is 1. The van der Waals surface area contributed by atoms with Gasteiger partial charge in [-0.15, -0.1) is 11.3 Å². The van der Waals surface area contributed by atoms with E-state index in [0.29, 0.717) is 6.04 Å². The van der Waals surface area contributed by atoms with Crippen LogP contribution in [0.5, 0.6) is 0 Å². The van der Waals surface area contributed by atoms with Crippen molar-refractivity contribution in [1.29, 1.82) is 0 Å². The SMILES string of the molecule is CC1c2ccsc2CCN1Cc1ccc(Br)cn1. The predicted octanol–water partition coefficient (Wildman–Crippen LogP) is 4.02. The van der Waals surface area contributed by atoms with E-state index in [1.807, 2.05) is 17.5 Å². The Labute approximate surface area is 120 Å². The zero-order valence-electron chi connectivity index (χ0n) is 10.3. The normalized spacial score (nSPS) is 19.8. The third-order valence-corrected chi connectivity index (χ3v) is 5.02. The summed E-state index contributed by atoms with van der Waals surface area (Å²) in [5.74, 6) is 0. The third-order valence-electron chi connectivity index (χ3n) is 3.56. The molecule has 2 aromatic rings. The fraction of sp³-hybridized carbons (Fsp3) is 0.357. The minimum atomic E-state index is 0.505. The van der Waals surface area contributed by atoms with Crippen molar-refractivity contribution in [1.82, 2.24) is 9.88 Å². The second-order valence-electron chi connectivity index (χ2n) is 4.66. The second-order valence-corrected chi connectivity index (χ2v) is 6.58. The Morgan fingerprint density at radius 2 is 2.33 bits per heavy atom. The van der Waals surface area contributed by atoms with Crippen molar-refractivity contribution < 1.29 is 0 Å². The Morgan fingerprint density at radius 1 is 1.44 bits per heavy atom. The average molecular weight is 323 g/mol. The molecule has 0 spiro atoms. The van der Waals surface area contributed by atoms with Crippen molar-refractivity contribution in [2.24, 2.45) is 0 Å². The highest BCUT2D eigenvalue weighted by Crippen LogP contribution is 2.33. The molecule has 1 aliphatic rings. The summed E-state index contributed by atoms with van der Waals surface area (Å²) < 4.78 is 1.04. The lowest BCUT2D eigenvalue weighted by Gasteiger charge is -2.33. The van der Waals surface area contributed by atoms with Crippen molar-refractivity contribution in [3.63, 3.8) is 0 Å². The Hall–Kier alpha value is -0.710. The molecule has 0 radical (unpaired) electrons. The molecular formula is C14H15BrN2S. The van der Waals surface area contributed by atoms with Crippen LogP contribution in [0.3, 0.4) is 0 Å². The molecule has 2 nitrogen and oxygen atoms in total. The first kappa shape index (κ1) is 12.3. The number of thiophene rings is 1. The summed E-state index contributed by atoms with van der Waals surface area (Å²) in [6.07, 6.45) is 3.05. The highest BCUT2D eigenvalue weighted by molar-refractivity contribution is 9.10. The van der Waals surface area contributed by atoms with Crippen LogP contribution in [0.25, 0.3) is 0 Å². The van der Waals surface area contributed by atoms with E-state index < -0.39 is 0 Å². The van der Waals surface area contributed by atoms with Gasteiger partial charge in [-0.3, -0.25) is 9.88 Å². The van der Waals surface area contributed by atoms with E-state index >= 15 is 0 Å². The third kappa shape index (κ3) is 2.37. The zero-order valence-corrected chi connectivity index (χ0v) is 12.7. The van der Waals surface area contributed by atoms with Gasteiger partial charge in [0.25, 0.3) is 0 Å². The van der Waals surface area contributed by atoms with E-state index in [9.17, 15) is 0 Å². The van der Waals surface area contributed by atoms with E-state index in [0.717, 1.165) is 23.3 Å². The van der Waals surface area contributed by atoms with Crippen LogP contribution in [-0.2, 0) is 13.0 Å². The molecule has 0 saturated carbocycles. The number of aromatic nitrogens is 1. The maximum atomic E-state index is 4.46. The summed E-state index contributed by atoms with van der Waals surface area (Å²) in [5, 5.41) is 2.21. The molecule has 18 heavy (non-hydrogen) atoms. The van der Waals surface area contributed by atoms with Crippen LogP contribution in [0.2, 0.25) is 0 Å². The molecule has 4 heteroatoms. The lowest BCUT2D eigenvalue weighted by atomic mass is 10.0. The van der Waals surface area contributed by atoms with Crippen molar-refractivity contribution in [2.45, 2.75) is 25.9 Å². The van der Waals surface area contributed by atoms with Crippen LogP contribution < -0.4 is 0 Å². The Balaban J connectivity index is 1.77. The van der Waals surface area contributed by atoms with Crippen LogP contribution >= 0.6 is 27.3 Å². The first-order chi connectivity index (χ1) is 8.74. The molecule has 3 rings (SSSR count). The number of pyridine rings is 1. The van der Waals surface area contributed by atoms with Crippen LogP contribution in [-0.4, -0.2) is 16.4 Å². The standard InChI is InChI=1S/C14H15BrN2S/c1-10-13-5-7-18-14(13)4-6-17(10)9-12-3-2-11(15)8-16-12/h2-3,5,7-8,10H,4,6,9H2,1H3. The van der Waals surface area contributed by atoms with Crippen molar-refractivity contribution in [3.05, 3.63) is 50.4 Å². The van der Waals surface area contributed by atoms with Gasteiger partial charge in [-0.05, 0) is 58.4 Å². The van der Waals surface area contributed by atoms with E-state index in [-0.39, 0.29) is 0 Å². The second kappa shape index (κ2) is 5.11. The van der Waals surface area contributed by atoms with Gasteiger partial charge in [-0.25, -0.2) is 0 Å². The first-order valence-electron chi connectivity index (χ1n) is 6.15. The summed E-state index contributed by atoms with van der Waals surface area (Å²) in [6, 6.07) is 6.93. The average Bonchev–Trinajstić information content (AvgIpc) is 2.84. The van der Waals surface area contributed by atoms with Gasteiger partial charge in [0.15, 0.2) is 0 Å². The highest BCUT2D eigenvalue weighted by Gasteiger charge is 2.24. The molecule has 0 N–H and O–H groups in total. The van der Waals surface area contributed by atoms with E-state index in [4.69, 9.17) is 0 Å². The number of halogens is 1. The van der Waals surface area contributed by atoms with Gasteiger partial charge in [0.05, 0.1) is 5.69 Å². The van der Waals surface area contributed by atoms with Gasteiger partial charge in [-0.1, -0.05) is 0 Å². The number of nitrogens with zero attached hydrogens (tertiary/aromatic N) is 2. The summed E-state index contributed by atoms with van der Waals surface area (Å²) >= 11 is 5.31. The molecule has 2 aromatic heterocycles. The molecule has 1 unspecified atom stereocenters. The Bertz CT molecular complexity index is 535. The molecule has 0 fully saturated rings. The van der Waals surface area contributed by atoms with Crippen molar-refractivity contribution >= 4 is 27.3 Å². The van der Waals surface area contributed by atoms with E-state index in [1.54, 1.807) is 4.88 Å². The lowest BCUT2D eigenvalue weighted by molar-refractivity contribution is 0.189. The maximum absolute atomic E-state index is 4.46. The van der Waals surface area contributed by atoms with Crippen LogP contribution in [0.4, 0.5) is 0 Å². The lowest BCUT2D eigenvalue weighted by Crippen LogP contribution is -2.32. The smallest absolute Gasteiger partial charge is 0.0545 e. The molecule has 0 aromatic carbocycles. The summed E-state index contributed by atoms with van der Waals surface area (Å²) in [7, 11) is 0. The minimum Gasteiger partial charge on any atom is -0.290 e. The van der Waals surface area contributed by atoms with Gasteiger partial charge >= 0.3 is 0 Å². The molecule has 0 saturated heterocycles. The molecule has 3 heterocycles. The van der Waals surface area contributed by atoms with E-state index in [2.05, 4.69) is 56.3 Å². The summed E-state index contributed by atoms with van der Waals surface area (Å²) in [6.45, 7) is 4.36. The molecular weight excluding hydrogens is 308 g/mol. The zero-order chi connectivity index (χ0) is 12.5. The fourth-order valence-electron chi connectivity index (χ4n) is 2.49. The van der Waals surface area contributed by atoms with Crippen LogP contribution in [0.1, 0.15) is 29.1 Å². The first-order valence-corrected chi connectivity index (χ1v) is 7.82. The van der Waals surface area contributed by atoms with Gasteiger partial charge < -0.3 is 0 Å². The molecule has 1 atom stereocenters. The summed E-state index contributed by atoms with van der Waals surface area (Å²) in [5.41, 5.74) is 2.65. The van der Waals surface area contributed by atoms with Crippen LogP contribution in [0, 0.1) is 0 Å². The molecule has 0 aliphatic carbocycles. The Kier molecular flexibility index (Phi) is 3.50. The van der Waals surface area contributed by atoms with Gasteiger partial charge in [0, 0.05) is 34.7 Å². The fourth-order valence-corrected chi connectivity index (χ4v) is 3.68. The molecule has 1 aliphatic heterocycles. The van der Waals surface area contributed by atoms with Gasteiger partial charge in [-0.2, -0.15) is 0 Å². The van der Waals surface area contributed by atoms with Crippen molar-refractivity contribution in [3.8, 4) is 0 Å². The topological polar surface area (TPSA) is 16.1 Å². The largest absolute Gasteiger partial charge is 0.290 e. The molecule has 0 amide bonds. The highest BCUT2D eigenvalue weighted by atomic mass is 79.9. The summed E-state index contributed by atoms with van der Waals surface area (Å²) in [4.78, 5) is 8.53. The Morgan fingerprint density at radius 3 is 3.11 bits per heavy atom. The van der Waals surface area contributed by atoms with Crippen molar-refractivity contribution in [2.75, 3.05) is 6.54 Å². The number of rotatable bonds is 2. The number of hydrogen-bond acceptors (Lipinski definition) is 3. The number of hydrogen-bond donors (Lipinski definition) is 0. The molecule has 94 valence electrons.